The second-order valence-electron chi connectivity index (χ2n) is 6.66. The Hall–Kier alpha value is -2.12. The van der Waals surface area contributed by atoms with Crippen molar-refractivity contribution in [2.24, 2.45) is 5.92 Å². The second-order valence-corrected chi connectivity index (χ2v) is 6.66. The molecule has 7 heteroatoms. The van der Waals surface area contributed by atoms with Crippen LogP contribution in [0.25, 0.3) is 0 Å². The number of anilines is 2. The molecule has 0 saturated carbocycles. The third-order valence-corrected chi connectivity index (χ3v) is 4.85. The van der Waals surface area contributed by atoms with Gasteiger partial charge in [-0.3, -0.25) is 0 Å². The maximum absolute atomic E-state index is 14.4. The third-order valence-electron chi connectivity index (χ3n) is 4.85. The van der Waals surface area contributed by atoms with Crippen LogP contribution >= 0.6 is 0 Å². The molecule has 0 radical (unpaired) electrons. The number of aromatic nitrogens is 2. The largest absolute Gasteiger partial charge is 0.378 e. The molecule has 1 atom stereocenters. The summed E-state index contributed by atoms with van der Waals surface area (Å²) in [5, 5.41) is 11.1. The Morgan fingerprint density at radius 1 is 1.28 bits per heavy atom. The van der Waals surface area contributed by atoms with E-state index in [0.717, 1.165) is 44.1 Å². The summed E-state index contributed by atoms with van der Waals surface area (Å²) in [7, 11) is 0. The Kier molecular flexibility index (Phi) is 4.85. The van der Waals surface area contributed by atoms with E-state index in [0.29, 0.717) is 31.4 Å². The zero-order valence-corrected chi connectivity index (χ0v) is 14.2. The lowest BCUT2D eigenvalue weighted by atomic mass is 10.1. The average Bonchev–Trinajstić information content (AvgIpc) is 3.10. The first kappa shape index (κ1) is 16.4. The summed E-state index contributed by atoms with van der Waals surface area (Å²) in [4.78, 5) is 2.05. The molecule has 1 aromatic heterocycles. The summed E-state index contributed by atoms with van der Waals surface area (Å²) in [5.74, 6) is 1.41. The first-order valence-corrected chi connectivity index (χ1v) is 8.87. The number of ether oxygens (including phenoxy) is 1. The van der Waals surface area contributed by atoms with Gasteiger partial charge in [-0.2, -0.15) is 5.10 Å². The summed E-state index contributed by atoms with van der Waals surface area (Å²) in [6.07, 6.45) is 1.82. The number of nitrogens with one attached hydrogen (secondary N) is 2. The minimum Gasteiger partial charge on any atom is -0.378 e. The van der Waals surface area contributed by atoms with Crippen molar-refractivity contribution in [3.63, 3.8) is 0 Å². The molecule has 134 valence electrons. The molecule has 3 heterocycles. The van der Waals surface area contributed by atoms with E-state index in [-0.39, 0.29) is 5.82 Å². The lowest BCUT2D eigenvalue weighted by Gasteiger charge is -2.29. The Labute approximate surface area is 147 Å². The summed E-state index contributed by atoms with van der Waals surface area (Å²) < 4.78 is 21.7. The van der Waals surface area contributed by atoms with E-state index >= 15 is 0 Å². The smallest absolute Gasteiger partial charge is 0.146 e. The van der Waals surface area contributed by atoms with Crippen molar-refractivity contribution in [1.29, 1.82) is 0 Å². The van der Waals surface area contributed by atoms with Gasteiger partial charge in [0, 0.05) is 51.3 Å². The number of hydrogen-bond donors (Lipinski definition) is 2. The van der Waals surface area contributed by atoms with Crippen LogP contribution in [0.5, 0.6) is 0 Å². The molecule has 2 N–H and O–H groups in total. The van der Waals surface area contributed by atoms with Crippen LogP contribution in [0.4, 0.5) is 15.9 Å². The molecule has 1 aromatic carbocycles. The molecular weight excluding hydrogens is 321 g/mol. The van der Waals surface area contributed by atoms with Crippen LogP contribution in [0.3, 0.4) is 0 Å². The number of hydrogen-bond acceptors (Lipinski definition) is 5. The van der Waals surface area contributed by atoms with Gasteiger partial charge in [-0.1, -0.05) is 6.07 Å². The highest BCUT2D eigenvalue weighted by molar-refractivity contribution is 5.49. The predicted molar refractivity (Wildman–Crippen MR) is 95.3 cm³/mol. The molecule has 0 amide bonds. The van der Waals surface area contributed by atoms with Gasteiger partial charge in [-0.15, -0.1) is 0 Å². The maximum Gasteiger partial charge on any atom is 0.146 e. The van der Waals surface area contributed by atoms with Crippen LogP contribution in [0, 0.1) is 11.7 Å². The molecule has 2 aliphatic rings. The monoisotopic (exact) mass is 345 g/mol. The summed E-state index contributed by atoms with van der Waals surface area (Å²) >= 11 is 0. The molecular formula is C18H24FN5O. The fourth-order valence-electron chi connectivity index (χ4n) is 3.46. The van der Waals surface area contributed by atoms with E-state index in [1.54, 1.807) is 6.07 Å². The van der Waals surface area contributed by atoms with Crippen LogP contribution in [0.15, 0.2) is 30.5 Å². The van der Waals surface area contributed by atoms with Gasteiger partial charge in [0.15, 0.2) is 0 Å². The third kappa shape index (κ3) is 3.77. The lowest BCUT2D eigenvalue weighted by Crippen LogP contribution is -2.36. The van der Waals surface area contributed by atoms with Gasteiger partial charge in [0.1, 0.15) is 11.6 Å². The van der Waals surface area contributed by atoms with Crippen molar-refractivity contribution in [3.8, 4) is 0 Å². The summed E-state index contributed by atoms with van der Waals surface area (Å²) in [5.41, 5.74) is 1.65. The Bertz CT molecular complexity index is 713. The molecule has 0 bridgehead atoms. The van der Waals surface area contributed by atoms with Gasteiger partial charge in [0.25, 0.3) is 0 Å². The molecule has 1 saturated heterocycles. The normalized spacial score (nSPS) is 20.2. The maximum atomic E-state index is 14.4. The molecule has 0 spiro atoms. The van der Waals surface area contributed by atoms with E-state index < -0.39 is 0 Å². The standard InChI is InChI=1S/C18H24FN5O/c19-16-9-14(1-2-17(16)23-5-7-25-8-6-23)10-20-11-15-12-21-18-3-4-22-24(18)13-15/h1-4,9,15,20-21H,5-8,10-13H2. The molecule has 0 aliphatic carbocycles. The van der Waals surface area contributed by atoms with E-state index in [4.69, 9.17) is 4.74 Å². The van der Waals surface area contributed by atoms with E-state index in [9.17, 15) is 4.39 Å². The lowest BCUT2D eigenvalue weighted by molar-refractivity contribution is 0.122. The number of nitrogens with zero attached hydrogens (tertiary/aromatic N) is 3. The minimum atomic E-state index is -0.151. The highest BCUT2D eigenvalue weighted by Crippen LogP contribution is 2.22. The highest BCUT2D eigenvalue weighted by atomic mass is 19.1. The van der Waals surface area contributed by atoms with Crippen molar-refractivity contribution in [1.82, 2.24) is 15.1 Å². The topological polar surface area (TPSA) is 54.4 Å². The molecule has 2 aromatic rings. The zero-order valence-electron chi connectivity index (χ0n) is 14.2. The first-order chi connectivity index (χ1) is 12.3. The van der Waals surface area contributed by atoms with E-state index in [1.807, 2.05) is 34.0 Å². The molecule has 2 aliphatic heterocycles. The van der Waals surface area contributed by atoms with Crippen LogP contribution in [0.2, 0.25) is 0 Å². The SMILES string of the molecule is Fc1cc(CNCC2CNc3ccnn3C2)ccc1N1CCOCC1. The van der Waals surface area contributed by atoms with Gasteiger partial charge in [0.05, 0.1) is 25.1 Å². The molecule has 1 unspecified atom stereocenters. The molecule has 1 fully saturated rings. The van der Waals surface area contributed by atoms with Gasteiger partial charge < -0.3 is 20.3 Å². The van der Waals surface area contributed by atoms with Crippen molar-refractivity contribution in [3.05, 3.63) is 41.8 Å². The Morgan fingerprint density at radius 2 is 2.16 bits per heavy atom. The average molecular weight is 345 g/mol. The van der Waals surface area contributed by atoms with Crippen molar-refractivity contribution >= 4 is 11.5 Å². The molecule has 4 rings (SSSR count). The highest BCUT2D eigenvalue weighted by Gasteiger charge is 2.18. The Morgan fingerprint density at radius 3 is 3.00 bits per heavy atom. The number of rotatable bonds is 5. The van der Waals surface area contributed by atoms with Crippen LogP contribution in [-0.2, 0) is 17.8 Å². The predicted octanol–water partition coefficient (Wildman–Crippen LogP) is 1.69. The zero-order chi connectivity index (χ0) is 17.1. The Balaban J connectivity index is 1.29. The van der Waals surface area contributed by atoms with Crippen molar-refractivity contribution in [2.75, 3.05) is 49.6 Å². The number of fused-ring (bicyclic) bond motifs is 1. The fourth-order valence-corrected chi connectivity index (χ4v) is 3.46. The van der Waals surface area contributed by atoms with E-state index in [2.05, 4.69) is 15.7 Å². The fraction of sp³-hybridized carbons (Fsp3) is 0.500. The van der Waals surface area contributed by atoms with E-state index in [1.165, 1.54) is 0 Å². The number of morpholine rings is 1. The quantitative estimate of drug-likeness (QED) is 0.864. The van der Waals surface area contributed by atoms with Crippen molar-refractivity contribution < 1.29 is 9.13 Å². The van der Waals surface area contributed by atoms with Gasteiger partial charge in [-0.05, 0) is 17.7 Å². The van der Waals surface area contributed by atoms with Crippen LogP contribution < -0.4 is 15.5 Å². The van der Waals surface area contributed by atoms with Crippen LogP contribution in [0.1, 0.15) is 5.56 Å². The first-order valence-electron chi connectivity index (χ1n) is 8.87. The van der Waals surface area contributed by atoms with Crippen molar-refractivity contribution in [2.45, 2.75) is 13.1 Å². The van der Waals surface area contributed by atoms with Gasteiger partial charge >= 0.3 is 0 Å². The molecule has 25 heavy (non-hydrogen) atoms. The second kappa shape index (κ2) is 7.41. The molecule has 6 nitrogen and oxygen atoms in total. The number of halogens is 1. The number of benzene rings is 1. The summed E-state index contributed by atoms with van der Waals surface area (Å²) in [6.45, 7) is 6.21. The van der Waals surface area contributed by atoms with Crippen LogP contribution in [-0.4, -0.2) is 49.2 Å². The minimum absolute atomic E-state index is 0.151. The summed E-state index contributed by atoms with van der Waals surface area (Å²) in [6, 6.07) is 7.52. The van der Waals surface area contributed by atoms with Gasteiger partial charge in [0.2, 0.25) is 0 Å². The van der Waals surface area contributed by atoms with Gasteiger partial charge in [-0.25, -0.2) is 9.07 Å².